The van der Waals surface area contributed by atoms with Crippen molar-refractivity contribution in [2.75, 3.05) is 0 Å². The number of nitrogens with one attached hydrogen (secondary N) is 1. The van der Waals surface area contributed by atoms with Crippen LogP contribution >= 0.6 is 11.3 Å². The lowest BCUT2D eigenvalue weighted by molar-refractivity contribution is -0.121. The van der Waals surface area contributed by atoms with Crippen molar-refractivity contribution in [2.45, 2.75) is 19.4 Å². The minimum absolute atomic E-state index is 0.0820. The van der Waals surface area contributed by atoms with Gasteiger partial charge in [0, 0.05) is 22.8 Å². The molecule has 0 spiro atoms. The average Bonchev–Trinajstić information content (AvgIpc) is 3.25. The first-order valence-electron chi connectivity index (χ1n) is 8.66. The molecule has 2 aromatic heterocycles. The van der Waals surface area contributed by atoms with Gasteiger partial charge in [-0.05, 0) is 24.6 Å². The highest BCUT2D eigenvalue weighted by atomic mass is 32.1. The van der Waals surface area contributed by atoms with Gasteiger partial charge in [-0.25, -0.2) is 9.37 Å². The van der Waals surface area contributed by atoms with Crippen LogP contribution in [0.1, 0.15) is 24.2 Å². The number of aromatic nitrogens is 2. The fraction of sp³-hybridized carbons (Fsp3) is 0.143. The summed E-state index contributed by atoms with van der Waals surface area (Å²) in [6.07, 6.45) is 2.23. The Morgan fingerprint density at radius 3 is 2.67 bits per heavy atom. The molecule has 1 atom stereocenters. The molecule has 27 heavy (non-hydrogen) atoms. The Hall–Kier alpha value is -2.99. The van der Waals surface area contributed by atoms with Gasteiger partial charge in [-0.2, -0.15) is 0 Å². The van der Waals surface area contributed by atoms with E-state index in [2.05, 4.69) is 10.3 Å². The summed E-state index contributed by atoms with van der Waals surface area (Å²) in [6.45, 7) is 1.89. The van der Waals surface area contributed by atoms with Crippen LogP contribution in [0.25, 0.3) is 16.2 Å². The zero-order valence-corrected chi connectivity index (χ0v) is 15.5. The number of rotatable bonds is 5. The highest BCUT2D eigenvalue weighted by molar-refractivity contribution is 7.15. The largest absolute Gasteiger partial charge is 0.349 e. The van der Waals surface area contributed by atoms with E-state index in [1.165, 1.54) is 23.5 Å². The Kier molecular flexibility index (Phi) is 4.73. The molecule has 0 bridgehead atoms. The van der Waals surface area contributed by atoms with Crippen molar-refractivity contribution in [1.82, 2.24) is 14.7 Å². The van der Waals surface area contributed by atoms with Crippen LogP contribution < -0.4 is 5.32 Å². The molecule has 4 rings (SSSR count). The van der Waals surface area contributed by atoms with E-state index in [0.717, 1.165) is 27.5 Å². The van der Waals surface area contributed by atoms with E-state index in [4.69, 9.17) is 0 Å². The fourth-order valence-electron chi connectivity index (χ4n) is 3.00. The van der Waals surface area contributed by atoms with Gasteiger partial charge in [0.1, 0.15) is 5.82 Å². The summed E-state index contributed by atoms with van der Waals surface area (Å²) in [7, 11) is 0. The van der Waals surface area contributed by atoms with Crippen molar-refractivity contribution in [3.8, 4) is 11.3 Å². The van der Waals surface area contributed by atoms with Crippen molar-refractivity contribution in [2.24, 2.45) is 0 Å². The first-order chi connectivity index (χ1) is 13.1. The van der Waals surface area contributed by atoms with Crippen LogP contribution in [0.3, 0.4) is 0 Å². The number of amides is 1. The zero-order chi connectivity index (χ0) is 18.8. The Balaban J connectivity index is 1.49. The number of carbonyl (C=O) groups excluding carboxylic acids is 1. The summed E-state index contributed by atoms with van der Waals surface area (Å²) in [6, 6.07) is 16.0. The van der Waals surface area contributed by atoms with Gasteiger partial charge < -0.3 is 5.32 Å². The van der Waals surface area contributed by atoms with Gasteiger partial charge in [-0.3, -0.25) is 9.20 Å². The minimum Gasteiger partial charge on any atom is -0.349 e. The van der Waals surface area contributed by atoms with Gasteiger partial charge in [0.05, 0.1) is 18.2 Å². The first-order valence-corrected chi connectivity index (χ1v) is 9.54. The fourth-order valence-corrected chi connectivity index (χ4v) is 3.87. The monoisotopic (exact) mass is 379 g/mol. The Bertz CT molecular complexity index is 1070. The number of imidazole rings is 1. The highest BCUT2D eigenvalue weighted by Crippen LogP contribution is 2.24. The lowest BCUT2D eigenvalue weighted by Gasteiger charge is -2.14. The second-order valence-corrected chi connectivity index (χ2v) is 7.23. The first kappa shape index (κ1) is 17.4. The molecule has 0 aliphatic carbocycles. The number of hydrogen-bond donors (Lipinski definition) is 1. The van der Waals surface area contributed by atoms with E-state index >= 15 is 0 Å². The smallest absolute Gasteiger partial charge is 0.226 e. The molecule has 0 aliphatic rings. The number of fused-ring (bicyclic) bond motifs is 1. The SMILES string of the molecule is C[C@@H](NC(=O)Cc1csc2nc(-c3ccccc3)cn12)c1ccc(F)cc1. The summed E-state index contributed by atoms with van der Waals surface area (Å²) in [4.78, 5) is 18.0. The van der Waals surface area contributed by atoms with E-state index in [9.17, 15) is 9.18 Å². The molecule has 1 amide bonds. The van der Waals surface area contributed by atoms with Crippen molar-refractivity contribution >= 4 is 22.2 Å². The van der Waals surface area contributed by atoms with Gasteiger partial charge in [0.2, 0.25) is 5.91 Å². The summed E-state index contributed by atoms with van der Waals surface area (Å²) >= 11 is 1.52. The maximum atomic E-state index is 13.0. The standard InChI is InChI=1S/C21H18FN3OS/c1-14(15-7-9-17(22)10-8-15)23-20(26)11-18-13-27-21-24-19(12-25(18)21)16-5-3-2-4-6-16/h2-10,12-14H,11H2,1H3,(H,23,26)/t14-/m1/s1. The van der Waals surface area contributed by atoms with Crippen LogP contribution in [0.2, 0.25) is 0 Å². The topological polar surface area (TPSA) is 46.4 Å². The molecule has 0 aliphatic heterocycles. The third kappa shape index (κ3) is 3.75. The second kappa shape index (κ2) is 7.32. The summed E-state index contributed by atoms with van der Waals surface area (Å²) in [5, 5.41) is 4.92. The summed E-state index contributed by atoms with van der Waals surface area (Å²) in [5.41, 5.74) is 3.71. The molecule has 4 aromatic rings. The Morgan fingerprint density at radius 1 is 1.19 bits per heavy atom. The normalized spacial score (nSPS) is 12.2. The van der Waals surface area contributed by atoms with Crippen molar-refractivity contribution in [3.05, 3.63) is 83.2 Å². The minimum atomic E-state index is -0.285. The quantitative estimate of drug-likeness (QED) is 0.550. The Labute approximate surface area is 160 Å². The van der Waals surface area contributed by atoms with Crippen LogP contribution in [0.5, 0.6) is 0 Å². The lowest BCUT2D eigenvalue weighted by Crippen LogP contribution is -2.28. The third-order valence-electron chi connectivity index (χ3n) is 4.44. The average molecular weight is 379 g/mol. The third-order valence-corrected chi connectivity index (χ3v) is 5.33. The molecule has 1 N–H and O–H groups in total. The number of carbonyl (C=O) groups is 1. The summed E-state index contributed by atoms with van der Waals surface area (Å²) in [5.74, 6) is -0.367. The van der Waals surface area contributed by atoms with Gasteiger partial charge >= 0.3 is 0 Å². The number of hydrogen-bond acceptors (Lipinski definition) is 3. The molecular formula is C21H18FN3OS. The number of nitrogens with zero attached hydrogens (tertiary/aromatic N) is 2. The molecule has 0 saturated carbocycles. The van der Waals surface area contributed by atoms with Crippen LogP contribution in [-0.2, 0) is 11.2 Å². The van der Waals surface area contributed by atoms with Crippen molar-refractivity contribution in [1.29, 1.82) is 0 Å². The molecule has 4 nitrogen and oxygen atoms in total. The van der Waals surface area contributed by atoms with Gasteiger partial charge in [0.25, 0.3) is 0 Å². The molecule has 0 radical (unpaired) electrons. The van der Waals surface area contributed by atoms with Crippen molar-refractivity contribution < 1.29 is 9.18 Å². The van der Waals surface area contributed by atoms with Gasteiger partial charge in [0.15, 0.2) is 4.96 Å². The molecule has 136 valence electrons. The molecule has 0 saturated heterocycles. The molecular weight excluding hydrogens is 361 g/mol. The molecule has 0 unspecified atom stereocenters. The molecule has 0 fully saturated rings. The maximum Gasteiger partial charge on any atom is 0.226 e. The van der Waals surface area contributed by atoms with E-state index in [1.807, 2.05) is 53.2 Å². The predicted octanol–water partition coefficient (Wildman–Crippen LogP) is 4.62. The molecule has 2 aromatic carbocycles. The number of halogens is 1. The maximum absolute atomic E-state index is 13.0. The van der Waals surface area contributed by atoms with E-state index in [0.29, 0.717) is 0 Å². The van der Waals surface area contributed by atoms with E-state index < -0.39 is 0 Å². The van der Waals surface area contributed by atoms with Crippen LogP contribution in [0.4, 0.5) is 4.39 Å². The van der Waals surface area contributed by atoms with E-state index in [-0.39, 0.29) is 24.2 Å². The highest BCUT2D eigenvalue weighted by Gasteiger charge is 2.14. The number of benzene rings is 2. The molecule has 2 heterocycles. The van der Waals surface area contributed by atoms with Crippen LogP contribution in [-0.4, -0.2) is 15.3 Å². The summed E-state index contributed by atoms with van der Waals surface area (Å²) < 4.78 is 15.0. The Morgan fingerprint density at radius 2 is 1.93 bits per heavy atom. The van der Waals surface area contributed by atoms with E-state index in [1.54, 1.807) is 12.1 Å². The van der Waals surface area contributed by atoms with Gasteiger partial charge in [-0.15, -0.1) is 11.3 Å². The van der Waals surface area contributed by atoms with Crippen LogP contribution in [0, 0.1) is 5.82 Å². The second-order valence-electron chi connectivity index (χ2n) is 6.39. The number of thiazole rings is 1. The van der Waals surface area contributed by atoms with Crippen LogP contribution in [0.15, 0.2) is 66.2 Å². The predicted molar refractivity (Wildman–Crippen MR) is 105 cm³/mol. The molecule has 6 heteroatoms. The zero-order valence-electron chi connectivity index (χ0n) is 14.7. The lowest BCUT2D eigenvalue weighted by atomic mass is 10.1. The van der Waals surface area contributed by atoms with Crippen molar-refractivity contribution in [3.63, 3.8) is 0 Å². The van der Waals surface area contributed by atoms with Gasteiger partial charge in [-0.1, -0.05) is 42.5 Å².